The molecule has 1 saturated heterocycles. The largest absolute Gasteiger partial charge is 0.445 e. The van der Waals surface area contributed by atoms with Gasteiger partial charge in [0.2, 0.25) is 16.0 Å². The topological polar surface area (TPSA) is 74.2 Å². The monoisotopic (exact) mass is 372 g/mol. The van der Waals surface area contributed by atoms with Crippen molar-refractivity contribution in [3.05, 3.63) is 29.4 Å². The number of amides is 1. The highest BCUT2D eigenvalue weighted by atomic mass is 32.1. The molecule has 1 amide bonds. The van der Waals surface area contributed by atoms with E-state index in [0.717, 1.165) is 18.9 Å². The molecular weight excluding hydrogens is 357 g/mol. The lowest BCUT2D eigenvalue weighted by Gasteiger charge is -2.34. The average Bonchev–Trinajstić information content (AvgIpc) is 3.05. The van der Waals surface area contributed by atoms with E-state index in [4.69, 9.17) is 0 Å². The SMILES string of the molecule is O=C(CN1CCN(c2ccccn2)CC1)Nc1nnc(C(F)(F)F)s1. The Kier molecular flexibility index (Phi) is 5.13. The van der Waals surface area contributed by atoms with E-state index < -0.39 is 17.1 Å². The third kappa shape index (κ3) is 4.63. The van der Waals surface area contributed by atoms with E-state index in [1.54, 1.807) is 6.20 Å². The zero-order valence-electron chi connectivity index (χ0n) is 13.0. The summed E-state index contributed by atoms with van der Waals surface area (Å²) in [5.41, 5.74) is 0. The predicted molar refractivity (Wildman–Crippen MR) is 86.4 cm³/mol. The first-order valence-electron chi connectivity index (χ1n) is 7.51. The van der Waals surface area contributed by atoms with Crippen molar-refractivity contribution in [3.8, 4) is 0 Å². The fraction of sp³-hybridized carbons (Fsp3) is 0.429. The van der Waals surface area contributed by atoms with Gasteiger partial charge in [-0.2, -0.15) is 13.2 Å². The number of aromatic nitrogens is 3. The summed E-state index contributed by atoms with van der Waals surface area (Å²) < 4.78 is 37.4. The van der Waals surface area contributed by atoms with Gasteiger partial charge in [0, 0.05) is 32.4 Å². The smallest absolute Gasteiger partial charge is 0.354 e. The molecule has 7 nitrogen and oxygen atoms in total. The molecule has 0 aliphatic carbocycles. The standard InChI is InChI=1S/C14H15F3N6OS/c15-14(16,17)12-20-21-13(25-12)19-11(24)9-22-5-7-23(8-6-22)10-3-1-2-4-18-10/h1-4H,5-9H2,(H,19,21,24). The summed E-state index contributed by atoms with van der Waals surface area (Å²) in [5, 5.41) is 7.52. The van der Waals surface area contributed by atoms with Crippen LogP contribution >= 0.6 is 11.3 Å². The van der Waals surface area contributed by atoms with E-state index in [0.29, 0.717) is 24.4 Å². The van der Waals surface area contributed by atoms with E-state index in [1.807, 2.05) is 23.1 Å². The molecule has 0 radical (unpaired) electrons. The molecule has 25 heavy (non-hydrogen) atoms. The highest BCUT2D eigenvalue weighted by Gasteiger charge is 2.35. The molecule has 134 valence electrons. The Morgan fingerprint density at radius 3 is 2.56 bits per heavy atom. The van der Waals surface area contributed by atoms with Gasteiger partial charge in [-0.3, -0.25) is 15.0 Å². The van der Waals surface area contributed by atoms with Gasteiger partial charge in [-0.15, -0.1) is 10.2 Å². The number of carbonyl (C=O) groups excluding carboxylic acids is 1. The molecule has 1 N–H and O–H groups in total. The fourth-order valence-corrected chi connectivity index (χ4v) is 3.05. The summed E-state index contributed by atoms with van der Waals surface area (Å²) in [6.07, 6.45) is -2.82. The highest BCUT2D eigenvalue weighted by Crippen LogP contribution is 2.32. The molecule has 0 unspecified atom stereocenters. The Morgan fingerprint density at radius 2 is 1.96 bits per heavy atom. The third-order valence-electron chi connectivity index (χ3n) is 3.63. The molecule has 0 aromatic carbocycles. The Hall–Kier alpha value is -2.27. The van der Waals surface area contributed by atoms with Gasteiger partial charge in [0.1, 0.15) is 5.82 Å². The van der Waals surface area contributed by atoms with Crippen LogP contribution in [0.25, 0.3) is 0 Å². The van der Waals surface area contributed by atoms with Crippen LogP contribution in [0.5, 0.6) is 0 Å². The van der Waals surface area contributed by atoms with E-state index in [9.17, 15) is 18.0 Å². The van der Waals surface area contributed by atoms with Crippen LogP contribution < -0.4 is 10.2 Å². The van der Waals surface area contributed by atoms with Crippen molar-refractivity contribution in [1.29, 1.82) is 0 Å². The lowest BCUT2D eigenvalue weighted by molar-refractivity contribution is -0.138. The summed E-state index contributed by atoms with van der Waals surface area (Å²) in [7, 11) is 0. The van der Waals surface area contributed by atoms with Crippen molar-refractivity contribution in [1.82, 2.24) is 20.1 Å². The Labute approximate surface area is 145 Å². The number of hydrogen-bond donors (Lipinski definition) is 1. The van der Waals surface area contributed by atoms with E-state index in [-0.39, 0.29) is 11.7 Å². The van der Waals surface area contributed by atoms with Crippen molar-refractivity contribution in [3.63, 3.8) is 0 Å². The molecule has 11 heteroatoms. The molecule has 0 bridgehead atoms. The summed E-state index contributed by atoms with van der Waals surface area (Å²) in [6.45, 7) is 2.86. The molecule has 1 aliphatic heterocycles. The van der Waals surface area contributed by atoms with Gasteiger partial charge in [-0.05, 0) is 12.1 Å². The van der Waals surface area contributed by atoms with Crippen LogP contribution in [0.3, 0.4) is 0 Å². The number of nitrogens with zero attached hydrogens (tertiary/aromatic N) is 5. The van der Waals surface area contributed by atoms with Crippen LogP contribution in [0.15, 0.2) is 24.4 Å². The van der Waals surface area contributed by atoms with Gasteiger partial charge in [0.05, 0.1) is 6.54 Å². The quantitative estimate of drug-likeness (QED) is 0.881. The lowest BCUT2D eigenvalue weighted by atomic mass is 10.3. The first-order chi connectivity index (χ1) is 11.9. The Balaban J connectivity index is 1.47. The maximum absolute atomic E-state index is 12.5. The first-order valence-corrected chi connectivity index (χ1v) is 8.32. The third-order valence-corrected chi connectivity index (χ3v) is 4.51. The molecule has 3 rings (SSSR count). The normalized spacial score (nSPS) is 16.0. The number of anilines is 2. The second kappa shape index (κ2) is 7.31. The van der Waals surface area contributed by atoms with E-state index in [2.05, 4.69) is 25.4 Å². The Bertz CT molecular complexity index is 715. The summed E-state index contributed by atoms with van der Waals surface area (Å²) in [4.78, 5) is 20.3. The number of piperazine rings is 1. The lowest BCUT2D eigenvalue weighted by Crippen LogP contribution is -2.48. The van der Waals surface area contributed by atoms with Gasteiger partial charge in [0.25, 0.3) is 0 Å². The van der Waals surface area contributed by atoms with Crippen LogP contribution in [0.4, 0.5) is 24.1 Å². The number of carbonyl (C=O) groups is 1. The van der Waals surface area contributed by atoms with Crippen LogP contribution in [0.1, 0.15) is 5.01 Å². The van der Waals surface area contributed by atoms with Crippen molar-refractivity contribution < 1.29 is 18.0 Å². The summed E-state index contributed by atoms with van der Waals surface area (Å²) in [6, 6.07) is 5.69. The van der Waals surface area contributed by atoms with Crippen LogP contribution in [-0.2, 0) is 11.0 Å². The van der Waals surface area contributed by atoms with Gasteiger partial charge >= 0.3 is 6.18 Å². The minimum Gasteiger partial charge on any atom is -0.354 e. The number of nitrogens with one attached hydrogen (secondary N) is 1. The Morgan fingerprint density at radius 1 is 1.20 bits per heavy atom. The molecule has 3 heterocycles. The second-order valence-corrected chi connectivity index (χ2v) is 6.39. The van der Waals surface area contributed by atoms with E-state index in [1.165, 1.54) is 0 Å². The summed E-state index contributed by atoms with van der Waals surface area (Å²) >= 11 is 0.314. The van der Waals surface area contributed by atoms with Crippen LogP contribution in [0.2, 0.25) is 0 Å². The number of rotatable bonds is 4. The molecule has 2 aromatic rings. The average molecular weight is 372 g/mol. The van der Waals surface area contributed by atoms with Crippen LogP contribution in [0, 0.1) is 0 Å². The number of halogens is 3. The zero-order valence-corrected chi connectivity index (χ0v) is 13.8. The van der Waals surface area contributed by atoms with Gasteiger partial charge in [0.15, 0.2) is 0 Å². The molecule has 2 aromatic heterocycles. The highest BCUT2D eigenvalue weighted by molar-refractivity contribution is 7.15. The molecule has 1 aliphatic rings. The molecule has 0 atom stereocenters. The molecular formula is C14H15F3N6OS. The van der Waals surface area contributed by atoms with Gasteiger partial charge < -0.3 is 4.90 Å². The second-order valence-electron chi connectivity index (χ2n) is 5.41. The van der Waals surface area contributed by atoms with Gasteiger partial charge in [-0.1, -0.05) is 17.4 Å². The maximum Gasteiger partial charge on any atom is 0.445 e. The maximum atomic E-state index is 12.5. The van der Waals surface area contributed by atoms with Crippen LogP contribution in [-0.4, -0.2) is 58.7 Å². The molecule has 0 spiro atoms. The van der Waals surface area contributed by atoms with Crippen molar-refractivity contribution in [2.24, 2.45) is 0 Å². The minimum absolute atomic E-state index is 0.0942. The predicted octanol–water partition coefficient (Wildman–Crippen LogP) is 1.71. The zero-order chi connectivity index (χ0) is 17.9. The minimum atomic E-state index is -4.55. The van der Waals surface area contributed by atoms with Crippen molar-refractivity contribution in [2.75, 3.05) is 42.9 Å². The number of alkyl halides is 3. The number of hydrogen-bond acceptors (Lipinski definition) is 7. The molecule has 1 fully saturated rings. The summed E-state index contributed by atoms with van der Waals surface area (Å²) in [5.74, 6) is 0.483. The fourth-order valence-electron chi connectivity index (χ4n) is 2.43. The van der Waals surface area contributed by atoms with Crippen molar-refractivity contribution in [2.45, 2.75) is 6.18 Å². The van der Waals surface area contributed by atoms with Gasteiger partial charge in [-0.25, -0.2) is 4.98 Å². The van der Waals surface area contributed by atoms with Crippen molar-refractivity contribution >= 4 is 28.2 Å². The number of pyridine rings is 1. The molecule has 0 saturated carbocycles. The first kappa shape index (κ1) is 17.5. The van der Waals surface area contributed by atoms with E-state index >= 15 is 0 Å².